The Morgan fingerprint density at radius 3 is 3.04 bits per heavy atom. The molecule has 1 aliphatic heterocycles. The molecule has 1 atom stereocenters. The molecule has 1 aliphatic rings. The minimum absolute atomic E-state index is 0.562. The van der Waals surface area contributed by atoms with Crippen molar-refractivity contribution >= 4 is 17.2 Å². The van der Waals surface area contributed by atoms with E-state index in [2.05, 4.69) is 22.0 Å². The van der Waals surface area contributed by atoms with Gasteiger partial charge >= 0.3 is 0 Å². The summed E-state index contributed by atoms with van der Waals surface area (Å²) in [5, 5.41) is 5.32. The number of hydrogen-bond acceptors (Lipinski definition) is 4. The van der Waals surface area contributed by atoms with Crippen molar-refractivity contribution in [3.05, 3.63) is 47.6 Å². The number of piperidine rings is 1. The summed E-state index contributed by atoms with van der Waals surface area (Å²) in [5.74, 6) is 1.19. The number of fused-ring (bicyclic) bond motifs is 1. The van der Waals surface area contributed by atoms with Gasteiger partial charge in [-0.25, -0.2) is 9.50 Å². The van der Waals surface area contributed by atoms with Gasteiger partial charge in [-0.05, 0) is 44.6 Å². The smallest absolute Gasteiger partial charge is 0.231 e. The normalized spacial score (nSPS) is 18.6. The number of aromatic nitrogens is 3. The number of imidazole rings is 1. The largest absolute Gasteiger partial charge is 0.476 e. The zero-order chi connectivity index (χ0) is 17.2. The van der Waals surface area contributed by atoms with Gasteiger partial charge in [0.25, 0.3) is 0 Å². The number of likely N-dealkylation sites (tertiary alicyclic amines) is 1. The molecule has 0 saturated carbocycles. The lowest BCUT2D eigenvalue weighted by molar-refractivity contribution is 0.146. The Balaban J connectivity index is 1.56. The Labute approximate surface area is 152 Å². The molecule has 4 rings (SSSR count). The summed E-state index contributed by atoms with van der Waals surface area (Å²) >= 11 is 6.11. The van der Waals surface area contributed by atoms with Crippen LogP contribution < -0.4 is 4.74 Å². The van der Waals surface area contributed by atoms with Gasteiger partial charge in [-0.3, -0.25) is 0 Å². The number of ether oxygens (including phenoxy) is 1. The van der Waals surface area contributed by atoms with E-state index in [4.69, 9.17) is 16.3 Å². The van der Waals surface area contributed by atoms with Gasteiger partial charge in [0.2, 0.25) is 5.88 Å². The quantitative estimate of drug-likeness (QED) is 0.713. The maximum atomic E-state index is 6.11. The molecule has 0 spiro atoms. The highest BCUT2D eigenvalue weighted by Crippen LogP contribution is 2.24. The molecule has 6 heteroatoms. The fraction of sp³-hybridized carbons (Fsp3) is 0.368. The summed E-state index contributed by atoms with van der Waals surface area (Å²) in [6.45, 7) is 2.96. The second-order valence-electron chi connectivity index (χ2n) is 6.68. The van der Waals surface area contributed by atoms with Crippen molar-refractivity contribution in [2.24, 2.45) is 5.92 Å². The number of rotatable bonds is 4. The monoisotopic (exact) mass is 356 g/mol. The van der Waals surface area contributed by atoms with Crippen LogP contribution in [0.15, 0.2) is 42.6 Å². The van der Waals surface area contributed by atoms with E-state index in [1.54, 1.807) is 0 Å². The first-order valence-electron chi connectivity index (χ1n) is 8.61. The lowest BCUT2D eigenvalue weighted by Gasteiger charge is -2.29. The molecular formula is C19H21ClN4O. The third-order valence-corrected chi connectivity index (χ3v) is 4.88. The first-order chi connectivity index (χ1) is 12.2. The van der Waals surface area contributed by atoms with Crippen molar-refractivity contribution in [3.63, 3.8) is 0 Å². The zero-order valence-corrected chi connectivity index (χ0v) is 15.0. The van der Waals surface area contributed by atoms with Gasteiger partial charge in [0, 0.05) is 29.1 Å². The van der Waals surface area contributed by atoms with Crippen LogP contribution in [-0.2, 0) is 0 Å². The van der Waals surface area contributed by atoms with Crippen molar-refractivity contribution in [1.29, 1.82) is 0 Å². The third-order valence-electron chi connectivity index (χ3n) is 4.65. The van der Waals surface area contributed by atoms with E-state index < -0.39 is 0 Å². The van der Waals surface area contributed by atoms with Crippen LogP contribution in [-0.4, -0.2) is 46.2 Å². The van der Waals surface area contributed by atoms with E-state index in [1.807, 2.05) is 47.1 Å². The van der Waals surface area contributed by atoms with Crippen LogP contribution in [0.2, 0.25) is 5.02 Å². The van der Waals surface area contributed by atoms with Gasteiger partial charge < -0.3 is 9.64 Å². The van der Waals surface area contributed by atoms with Gasteiger partial charge in [0.05, 0.1) is 18.5 Å². The Hall–Kier alpha value is -2.11. The van der Waals surface area contributed by atoms with Crippen LogP contribution in [0, 0.1) is 5.92 Å². The highest BCUT2D eigenvalue weighted by molar-refractivity contribution is 6.30. The van der Waals surface area contributed by atoms with Crippen molar-refractivity contribution in [2.75, 3.05) is 26.7 Å². The fourth-order valence-corrected chi connectivity index (χ4v) is 3.58. The maximum absolute atomic E-state index is 6.11. The molecule has 25 heavy (non-hydrogen) atoms. The summed E-state index contributed by atoms with van der Waals surface area (Å²) in [4.78, 5) is 6.78. The van der Waals surface area contributed by atoms with Crippen molar-refractivity contribution in [2.45, 2.75) is 12.8 Å². The van der Waals surface area contributed by atoms with Crippen LogP contribution in [0.1, 0.15) is 12.8 Å². The molecule has 3 heterocycles. The minimum atomic E-state index is 0.562. The number of nitrogens with zero attached hydrogens (tertiary/aromatic N) is 4. The molecule has 0 bridgehead atoms. The van der Waals surface area contributed by atoms with Gasteiger partial charge in [0.1, 0.15) is 0 Å². The van der Waals surface area contributed by atoms with Gasteiger partial charge in [-0.2, -0.15) is 0 Å². The average molecular weight is 357 g/mol. The first-order valence-corrected chi connectivity index (χ1v) is 8.99. The highest BCUT2D eigenvalue weighted by atomic mass is 35.5. The van der Waals surface area contributed by atoms with Crippen LogP contribution in [0.5, 0.6) is 5.88 Å². The van der Waals surface area contributed by atoms with E-state index in [-0.39, 0.29) is 0 Å². The molecule has 3 aromatic rings. The van der Waals surface area contributed by atoms with Crippen molar-refractivity contribution < 1.29 is 4.74 Å². The van der Waals surface area contributed by atoms with Crippen LogP contribution >= 0.6 is 11.6 Å². The van der Waals surface area contributed by atoms with Gasteiger partial charge in [-0.15, -0.1) is 5.10 Å². The fourth-order valence-electron chi connectivity index (χ4n) is 3.39. The highest BCUT2D eigenvalue weighted by Gasteiger charge is 2.18. The van der Waals surface area contributed by atoms with E-state index in [0.717, 1.165) is 23.4 Å². The maximum Gasteiger partial charge on any atom is 0.231 e. The molecule has 130 valence electrons. The standard InChI is InChI=1S/C19H21ClN4O/c1-23-9-3-4-14(12-23)13-25-19-8-7-18-21-11-17(24(18)22-19)15-5-2-6-16(20)10-15/h2,5-8,10-11,14H,3-4,9,12-13H2,1H3. The molecule has 0 aliphatic carbocycles. The molecule has 1 aromatic carbocycles. The number of benzene rings is 1. The lowest BCUT2D eigenvalue weighted by Crippen LogP contribution is -2.34. The molecule has 1 fully saturated rings. The number of hydrogen-bond donors (Lipinski definition) is 0. The van der Waals surface area contributed by atoms with E-state index in [1.165, 1.54) is 19.4 Å². The molecule has 0 amide bonds. The SMILES string of the molecule is CN1CCCC(COc2ccc3ncc(-c4cccc(Cl)c4)n3n2)C1. The molecule has 5 nitrogen and oxygen atoms in total. The summed E-state index contributed by atoms with van der Waals surface area (Å²) in [6, 6.07) is 11.5. The van der Waals surface area contributed by atoms with E-state index in [9.17, 15) is 0 Å². The Kier molecular flexibility index (Phi) is 4.59. The van der Waals surface area contributed by atoms with Crippen LogP contribution in [0.4, 0.5) is 0 Å². The molecule has 0 radical (unpaired) electrons. The number of halogens is 1. The predicted octanol–water partition coefficient (Wildman–Crippen LogP) is 3.77. The van der Waals surface area contributed by atoms with E-state index in [0.29, 0.717) is 23.4 Å². The van der Waals surface area contributed by atoms with E-state index >= 15 is 0 Å². The van der Waals surface area contributed by atoms with Crippen LogP contribution in [0.3, 0.4) is 0 Å². The summed E-state index contributed by atoms with van der Waals surface area (Å²) < 4.78 is 7.79. The molecule has 0 N–H and O–H groups in total. The Morgan fingerprint density at radius 1 is 1.28 bits per heavy atom. The van der Waals surface area contributed by atoms with Gasteiger partial charge in [-0.1, -0.05) is 23.7 Å². The summed E-state index contributed by atoms with van der Waals surface area (Å²) in [5.41, 5.74) is 2.68. The average Bonchev–Trinajstić information content (AvgIpc) is 3.03. The Morgan fingerprint density at radius 2 is 2.20 bits per heavy atom. The Bertz CT molecular complexity index is 879. The molecular weight excluding hydrogens is 336 g/mol. The van der Waals surface area contributed by atoms with Crippen LogP contribution in [0.25, 0.3) is 16.9 Å². The topological polar surface area (TPSA) is 42.7 Å². The second-order valence-corrected chi connectivity index (χ2v) is 7.11. The zero-order valence-electron chi connectivity index (χ0n) is 14.2. The summed E-state index contributed by atoms with van der Waals surface area (Å²) in [6.07, 6.45) is 4.26. The molecule has 1 unspecified atom stereocenters. The molecule has 2 aromatic heterocycles. The summed E-state index contributed by atoms with van der Waals surface area (Å²) in [7, 11) is 2.17. The lowest BCUT2D eigenvalue weighted by atomic mass is 10.00. The first kappa shape index (κ1) is 16.4. The second kappa shape index (κ2) is 7.02. The third kappa shape index (κ3) is 3.62. The molecule has 1 saturated heterocycles. The predicted molar refractivity (Wildman–Crippen MR) is 99.1 cm³/mol. The van der Waals surface area contributed by atoms with Crippen molar-refractivity contribution in [1.82, 2.24) is 19.5 Å². The van der Waals surface area contributed by atoms with Gasteiger partial charge in [0.15, 0.2) is 5.65 Å². The van der Waals surface area contributed by atoms with Crippen molar-refractivity contribution in [3.8, 4) is 17.1 Å². The minimum Gasteiger partial charge on any atom is -0.476 e.